The normalized spacial score (nSPS) is 12.5. The summed E-state index contributed by atoms with van der Waals surface area (Å²) in [5.41, 5.74) is 0.986. The fraction of sp³-hybridized carbons (Fsp3) is 0.310. The number of amides is 2. The van der Waals surface area contributed by atoms with Crippen LogP contribution < -0.4 is 9.62 Å². The van der Waals surface area contributed by atoms with Gasteiger partial charge in [0.1, 0.15) is 12.6 Å². The fourth-order valence-electron chi connectivity index (χ4n) is 4.10. The number of carbonyl (C=O) groups is 2. The molecule has 7 nitrogen and oxygen atoms in total. The molecule has 0 bridgehead atoms. The van der Waals surface area contributed by atoms with Gasteiger partial charge in [0.05, 0.1) is 32.0 Å². The first kappa shape index (κ1) is 33.0. The van der Waals surface area contributed by atoms with Crippen molar-refractivity contribution in [1.82, 2.24) is 10.2 Å². The Morgan fingerprint density at radius 1 is 0.829 bits per heavy atom. The maximum Gasteiger partial charge on any atom is 0.244 e. The van der Waals surface area contributed by atoms with Crippen LogP contribution in [0.2, 0.25) is 20.1 Å². The number of hydrogen-bond donors (Lipinski definition) is 1. The highest BCUT2D eigenvalue weighted by atomic mass is 35.5. The lowest BCUT2D eigenvalue weighted by Crippen LogP contribution is -2.56. The number of rotatable bonds is 10. The molecule has 1 atom stereocenters. The van der Waals surface area contributed by atoms with E-state index in [4.69, 9.17) is 46.4 Å². The molecular weight excluding hydrogens is 628 g/mol. The molecule has 2 amide bonds. The van der Waals surface area contributed by atoms with Crippen molar-refractivity contribution in [2.24, 2.45) is 0 Å². The van der Waals surface area contributed by atoms with Crippen LogP contribution >= 0.6 is 46.4 Å². The van der Waals surface area contributed by atoms with Crippen molar-refractivity contribution in [1.29, 1.82) is 0 Å². The second-order valence-electron chi connectivity index (χ2n) is 10.6. The number of nitrogens with zero attached hydrogens (tertiary/aromatic N) is 2. The minimum atomic E-state index is -3.95. The zero-order valence-electron chi connectivity index (χ0n) is 23.0. The second kappa shape index (κ2) is 13.7. The van der Waals surface area contributed by atoms with Gasteiger partial charge >= 0.3 is 0 Å². The first-order valence-electron chi connectivity index (χ1n) is 12.6. The molecule has 0 aliphatic rings. The van der Waals surface area contributed by atoms with E-state index in [1.807, 2.05) is 51.1 Å². The monoisotopic (exact) mass is 657 g/mol. The van der Waals surface area contributed by atoms with Crippen molar-refractivity contribution in [3.63, 3.8) is 0 Å². The smallest absolute Gasteiger partial charge is 0.244 e. The van der Waals surface area contributed by atoms with Crippen molar-refractivity contribution < 1.29 is 18.0 Å². The Hall–Kier alpha value is -2.49. The summed E-state index contributed by atoms with van der Waals surface area (Å²) in [5, 5.41) is 3.95. The van der Waals surface area contributed by atoms with Gasteiger partial charge in [0.25, 0.3) is 0 Å². The first-order chi connectivity index (χ1) is 19.0. The van der Waals surface area contributed by atoms with E-state index in [9.17, 15) is 18.0 Å². The fourth-order valence-corrected chi connectivity index (χ4v) is 5.55. The van der Waals surface area contributed by atoms with Crippen molar-refractivity contribution in [3.8, 4) is 0 Å². The van der Waals surface area contributed by atoms with Gasteiger partial charge in [-0.3, -0.25) is 13.9 Å². The summed E-state index contributed by atoms with van der Waals surface area (Å²) in [5.74, 6) is -1.01. The van der Waals surface area contributed by atoms with E-state index in [-0.39, 0.29) is 33.7 Å². The van der Waals surface area contributed by atoms with Gasteiger partial charge < -0.3 is 10.2 Å². The molecule has 0 saturated heterocycles. The van der Waals surface area contributed by atoms with Gasteiger partial charge in [-0.05, 0) is 62.2 Å². The van der Waals surface area contributed by atoms with Crippen LogP contribution in [0.25, 0.3) is 0 Å². The molecule has 0 fully saturated rings. The van der Waals surface area contributed by atoms with E-state index in [1.165, 1.54) is 23.1 Å². The summed E-state index contributed by atoms with van der Waals surface area (Å²) in [6.45, 7) is 4.89. The molecule has 3 aromatic rings. The Bertz CT molecular complexity index is 1510. The van der Waals surface area contributed by atoms with Crippen LogP contribution in [0, 0.1) is 0 Å². The van der Waals surface area contributed by atoms with Crippen molar-refractivity contribution >= 4 is 73.9 Å². The van der Waals surface area contributed by atoms with Crippen LogP contribution in [0.3, 0.4) is 0 Å². The third-order valence-corrected chi connectivity index (χ3v) is 8.60. The Labute approximate surface area is 261 Å². The Morgan fingerprint density at radius 3 is 1.95 bits per heavy atom. The lowest BCUT2D eigenvalue weighted by atomic mass is 10.0. The predicted octanol–water partition coefficient (Wildman–Crippen LogP) is 6.62. The third kappa shape index (κ3) is 9.51. The maximum absolute atomic E-state index is 14.1. The average molecular weight is 659 g/mol. The summed E-state index contributed by atoms with van der Waals surface area (Å²) in [6, 6.07) is 17.4. The van der Waals surface area contributed by atoms with E-state index in [0.717, 1.165) is 16.1 Å². The molecular formula is C29H31Cl4N3O4S. The molecule has 0 heterocycles. The number of sulfonamides is 1. The summed E-state index contributed by atoms with van der Waals surface area (Å²) < 4.78 is 26.7. The molecule has 0 aliphatic heterocycles. The summed E-state index contributed by atoms with van der Waals surface area (Å²) in [4.78, 5) is 29.2. The molecule has 0 unspecified atom stereocenters. The molecule has 0 spiro atoms. The van der Waals surface area contributed by atoms with Crippen LogP contribution in [0.4, 0.5) is 5.69 Å². The van der Waals surface area contributed by atoms with E-state index in [0.29, 0.717) is 10.6 Å². The topological polar surface area (TPSA) is 86.8 Å². The van der Waals surface area contributed by atoms with E-state index in [2.05, 4.69) is 5.32 Å². The van der Waals surface area contributed by atoms with Crippen molar-refractivity contribution in [2.45, 2.75) is 45.3 Å². The molecule has 220 valence electrons. The maximum atomic E-state index is 14.1. The SMILES string of the molecule is CC(C)(C)NC(=O)[C@@H](Cc1ccccc1)N(Cc1ccc(Cl)c(Cl)c1)C(=O)CN(c1ccc(Cl)c(Cl)c1)S(C)(=O)=O. The standard InChI is InChI=1S/C29H31Cl4N3O4S/c1-29(2,3)34-28(38)26(15-19-8-6-5-7-9-19)35(17-20-10-12-22(30)24(32)14-20)27(37)18-36(41(4,39)40)21-11-13-23(31)25(33)16-21/h5-14,16,26H,15,17-18H2,1-4H3,(H,34,38)/t26-/m1/s1. The minimum Gasteiger partial charge on any atom is -0.350 e. The molecule has 0 aliphatic carbocycles. The van der Waals surface area contributed by atoms with Gasteiger partial charge in [-0.15, -0.1) is 0 Å². The highest BCUT2D eigenvalue weighted by molar-refractivity contribution is 7.92. The number of benzene rings is 3. The first-order valence-corrected chi connectivity index (χ1v) is 15.9. The number of anilines is 1. The van der Waals surface area contributed by atoms with Crippen LogP contribution in [0.1, 0.15) is 31.9 Å². The number of halogens is 4. The Kier molecular flexibility index (Phi) is 11.0. The highest BCUT2D eigenvalue weighted by Gasteiger charge is 2.34. The lowest BCUT2D eigenvalue weighted by molar-refractivity contribution is -0.140. The van der Waals surface area contributed by atoms with Gasteiger partial charge in [-0.1, -0.05) is 82.8 Å². The van der Waals surface area contributed by atoms with E-state index in [1.54, 1.807) is 18.2 Å². The summed E-state index contributed by atoms with van der Waals surface area (Å²) in [6.07, 6.45) is 1.17. The molecule has 3 rings (SSSR count). The van der Waals surface area contributed by atoms with E-state index < -0.39 is 40.0 Å². The summed E-state index contributed by atoms with van der Waals surface area (Å²) in [7, 11) is -3.95. The van der Waals surface area contributed by atoms with Crippen LogP contribution in [0.5, 0.6) is 0 Å². The average Bonchev–Trinajstić information content (AvgIpc) is 2.87. The van der Waals surface area contributed by atoms with Gasteiger partial charge in [0.15, 0.2) is 0 Å². The molecule has 0 radical (unpaired) electrons. The van der Waals surface area contributed by atoms with Crippen molar-refractivity contribution in [3.05, 3.63) is 97.9 Å². The number of hydrogen-bond acceptors (Lipinski definition) is 4. The van der Waals surface area contributed by atoms with Crippen molar-refractivity contribution in [2.75, 3.05) is 17.1 Å². The molecule has 3 aromatic carbocycles. The largest absolute Gasteiger partial charge is 0.350 e. The summed E-state index contributed by atoms with van der Waals surface area (Å²) >= 11 is 24.6. The quantitative estimate of drug-likeness (QED) is 0.265. The van der Waals surface area contributed by atoms with Gasteiger partial charge in [0.2, 0.25) is 21.8 Å². The number of carbonyl (C=O) groups excluding carboxylic acids is 2. The molecule has 41 heavy (non-hydrogen) atoms. The minimum absolute atomic E-state index is 0.0379. The molecule has 1 N–H and O–H groups in total. The van der Waals surface area contributed by atoms with E-state index >= 15 is 0 Å². The van der Waals surface area contributed by atoms with Gasteiger partial charge in [-0.25, -0.2) is 8.42 Å². The van der Waals surface area contributed by atoms with Gasteiger partial charge in [0, 0.05) is 18.5 Å². The third-order valence-electron chi connectivity index (χ3n) is 5.98. The molecule has 12 heteroatoms. The lowest BCUT2D eigenvalue weighted by Gasteiger charge is -2.35. The highest BCUT2D eigenvalue weighted by Crippen LogP contribution is 2.29. The Balaban J connectivity index is 2.10. The van der Waals surface area contributed by atoms with Crippen LogP contribution in [0.15, 0.2) is 66.7 Å². The number of nitrogens with one attached hydrogen (secondary N) is 1. The molecule has 0 saturated carbocycles. The van der Waals surface area contributed by atoms with Crippen LogP contribution in [-0.2, 0) is 32.6 Å². The Morgan fingerprint density at radius 2 is 1.41 bits per heavy atom. The second-order valence-corrected chi connectivity index (χ2v) is 14.1. The van der Waals surface area contributed by atoms with Gasteiger partial charge in [-0.2, -0.15) is 0 Å². The zero-order valence-corrected chi connectivity index (χ0v) is 26.8. The zero-order chi connectivity index (χ0) is 30.5. The predicted molar refractivity (Wildman–Crippen MR) is 167 cm³/mol. The van der Waals surface area contributed by atoms with Crippen LogP contribution in [-0.4, -0.2) is 49.5 Å². The molecule has 0 aromatic heterocycles.